The summed E-state index contributed by atoms with van der Waals surface area (Å²) >= 11 is 1.36. The van der Waals surface area contributed by atoms with Gasteiger partial charge in [-0.2, -0.15) is 0 Å². The first-order valence-electron chi connectivity index (χ1n) is 9.12. The van der Waals surface area contributed by atoms with Crippen molar-refractivity contribution in [3.8, 4) is 0 Å². The Morgan fingerprint density at radius 1 is 1.15 bits per heavy atom. The molecule has 6 nitrogen and oxygen atoms in total. The zero-order valence-corrected chi connectivity index (χ0v) is 17.1. The highest BCUT2D eigenvalue weighted by Crippen LogP contribution is 2.27. The number of benzene rings is 1. The van der Waals surface area contributed by atoms with Crippen LogP contribution in [-0.4, -0.2) is 20.7 Å². The number of fused-ring (bicyclic) bond motifs is 1. The summed E-state index contributed by atoms with van der Waals surface area (Å²) in [4.78, 5) is 25.8. The highest BCUT2D eigenvalue weighted by molar-refractivity contribution is 7.15. The molecule has 0 aliphatic heterocycles. The van der Waals surface area contributed by atoms with E-state index in [-0.39, 0.29) is 11.5 Å². The molecular weight excluding hydrogens is 360 g/mol. The van der Waals surface area contributed by atoms with E-state index < -0.39 is 6.04 Å². The quantitative estimate of drug-likeness (QED) is 0.723. The molecule has 0 aliphatic rings. The molecule has 1 aromatic carbocycles. The Bertz CT molecular complexity index is 1070. The first-order chi connectivity index (χ1) is 12.8. The summed E-state index contributed by atoms with van der Waals surface area (Å²) in [6, 6.07) is 5.10. The maximum absolute atomic E-state index is 13.0. The minimum Gasteiger partial charge on any atom is -0.299 e. The molecule has 0 saturated carbocycles. The SMILES string of the molecule is CCc1nnc(NC(=O)C(CC)n2c(=O)cc(C)c3cc(C)cc(C)c32)s1. The number of carbonyl (C=O) groups excluding carboxylic acids is 1. The number of aromatic nitrogens is 3. The van der Waals surface area contributed by atoms with E-state index in [0.717, 1.165) is 39.0 Å². The lowest BCUT2D eigenvalue weighted by atomic mass is 10.0. The van der Waals surface area contributed by atoms with E-state index in [0.29, 0.717) is 11.6 Å². The van der Waals surface area contributed by atoms with Crippen LogP contribution in [0.5, 0.6) is 0 Å². The highest BCUT2D eigenvalue weighted by atomic mass is 32.1. The van der Waals surface area contributed by atoms with Crippen LogP contribution in [0.25, 0.3) is 10.9 Å². The van der Waals surface area contributed by atoms with Crippen molar-refractivity contribution in [3.05, 3.63) is 50.3 Å². The van der Waals surface area contributed by atoms with Gasteiger partial charge in [-0.15, -0.1) is 10.2 Å². The Balaban J connectivity index is 2.10. The van der Waals surface area contributed by atoms with Gasteiger partial charge in [0, 0.05) is 11.5 Å². The average molecular weight is 385 g/mol. The molecule has 2 heterocycles. The van der Waals surface area contributed by atoms with Crippen LogP contribution in [-0.2, 0) is 11.2 Å². The molecule has 0 radical (unpaired) electrons. The van der Waals surface area contributed by atoms with E-state index in [2.05, 4.69) is 21.6 Å². The molecule has 1 atom stereocenters. The molecular formula is C20H24N4O2S. The summed E-state index contributed by atoms with van der Waals surface area (Å²) in [5, 5.41) is 13.2. The summed E-state index contributed by atoms with van der Waals surface area (Å²) in [6.45, 7) is 9.84. The Morgan fingerprint density at radius 3 is 2.52 bits per heavy atom. The molecule has 2 aromatic heterocycles. The molecule has 142 valence electrons. The fraction of sp³-hybridized carbons (Fsp3) is 0.400. The summed E-state index contributed by atoms with van der Waals surface area (Å²) in [5.41, 5.74) is 3.69. The molecule has 0 aliphatic carbocycles. The van der Waals surface area contributed by atoms with Crippen molar-refractivity contribution in [2.75, 3.05) is 5.32 Å². The zero-order chi connectivity index (χ0) is 19.7. The number of anilines is 1. The van der Waals surface area contributed by atoms with Crippen molar-refractivity contribution < 1.29 is 4.79 Å². The molecule has 0 fully saturated rings. The van der Waals surface area contributed by atoms with E-state index in [1.165, 1.54) is 11.3 Å². The number of nitrogens with one attached hydrogen (secondary N) is 1. The largest absolute Gasteiger partial charge is 0.299 e. The first-order valence-corrected chi connectivity index (χ1v) is 9.93. The van der Waals surface area contributed by atoms with E-state index in [4.69, 9.17) is 0 Å². The number of nitrogens with zero attached hydrogens (tertiary/aromatic N) is 3. The topological polar surface area (TPSA) is 76.9 Å². The zero-order valence-electron chi connectivity index (χ0n) is 16.3. The molecule has 27 heavy (non-hydrogen) atoms. The van der Waals surface area contributed by atoms with Crippen molar-refractivity contribution in [1.82, 2.24) is 14.8 Å². The van der Waals surface area contributed by atoms with Crippen LogP contribution in [0, 0.1) is 20.8 Å². The van der Waals surface area contributed by atoms with Crippen LogP contribution in [0.15, 0.2) is 23.0 Å². The monoisotopic (exact) mass is 384 g/mol. The molecule has 7 heteroatoms. The van der Waals surface area contributed by atoms with Gasteiger partial charge in [0.2, 0.25) is 11.0 Å². The fourth-order valence-electron chi connectivity index (χ4n) is 3.45. The first kappa shape index (κ1) is 19.2. The van der Waals surface area contributed by atoms with Gasteiger partial charge in [0.25, 0.3) is 5.56 Å². The molecule has 1 N–H and O–H groups in total. The Kier molecular flexibility index (Phi) is 5.41. The van der Waals surface area contributed by atoms with Gasteiger partial charge in [-0.05, 0) is 50.8 Å². The Hall–Kier alpha value is -2.54. The minimum atomic E-state index is -0.615. The third-order valence-electron chi connectivity index (χ3n) is 4.69. The van der Waals surface area contributed by atoms with Crippen LogP contribution in [0.3, 0.4) is 0 Å². The fourth-order valence-corrected chi connectivity index (χ4v) is 4.14. The molecule has 3 aromatic rings. The predicted octanol–water partition coefficient (Wildman–Crippen LogP) is 3.93. The lowest BCUT2D eigenvalue weighted by Gasteiger charge is -2.22. The number of hydrogen-bond acceptors (Lipinski definition) is 5. The van der Waals surface area contributed by atoms with Gasteiger partial charge in [0.05, 0.1) is 5.52 Å². The summed E-state index contributed by atoms with van der Waals surface area (Å²) in [6.07, 6.45) is 1.27. The maximum Gasteiger partial charge on any atom is 0.252 e. The van der Waals surface area contributed by atoms with Crippen molar-refractivity contribution >= 4 is 33.3 Å². The molecule has 1 amide bonds. The highest BCUT2D eigenvalue weighted by Gasteiger charge is 2.24. The number of rotatable bonds is 5. The van der Waals surface area contributed by atoms with E-state index in [9.17, 15) is 9.59 Å². The van der Waals surface area contributed by atoms with Gasteiger partial charge in [-0.25, -0.2) is 0 Å². The van der Waals surface area contributed by atoms with Crippen molar-refractivity contribution in [2.24, 2.45) is 0 Å². The summed E-state index contributed by atoms with van der Waals surface area (Å²) < 4.78 is 1.62. The van der Waals surface area contributed by atoms with Crippen molar-refractivity contribution in [2.45, 2.75) is 53.5 Å². The van der Waals surface area contributed by atoms with Crippen molar-refractivity contribution in [3.63, 3.8) is 0 Å². The third kappa shape index (κ3) is 3.64. The Morgan fingerprint density at radius 2 is 1.89 bits per heavy atom. The lowest BCUT2D eigenvalue weighted by Crippen LogP contribution is -2.33. The third-order valence-corrected chi connectivity index (χ3v) is 5.67. The van der Waals surface area contributed by atoms with E-state index >= 15 is 0 Å². The smallest absolute Gasteiger partial charge is 0.252 e. The normalized spacial score (nSPS) is 12.3. The average Bonchev–Trinajstić information content (AvgIpc) is 3.06. The van der Waals surface area contributed by atoms with E-state index in [1.807, 2.05) is 40.7 Å². The van der Waals surface area contributed by atoms with Gasteiger partial charge < -0.3 is 0 Å². The second-order valence-corrected chi connectivity index (χ2v) is 7.84. The van der Waals surface area contributed by atoms with Crippen LogP contribution >= 0.6 is 11.3 Å². The van der Waals surface area contributed by atoms with Gasteiger partial charge in [0.1, 0.15) is 11.0 Å². The number of pyridine rings is 1. The van der Waals surface area contributed by atoms with Crippen LogP contribution in [0.1, 0.15) is 48.0 Å². The molecule has 0 bridgehead atoms. The van der Waals surface area contributed by atoms with Gasteiger partial charge in [-0.1, -0.05) is 36.8 Å². The summed E-state index contributed by atoms with van der Waals surface area (Å²) in [5.74, 6) is -0.247. The lowest BCUT2D eigenvalue weighted by molar-refractivity contribution is -0.119. The standard InChI is InChI=1S/C20H24N4O2S/c1-6-15(19(26)21-20-23-22-16(7-2)27-20)24-17(25)10-12(4)14-9-11(3)8-13(5)18(14)24/h8-10,15H,6-7H2,1-5H3,(H,21,23,26). The van der Waals surface area contributed by atoms with Crippen LogP contribution < -0.4 is 10.9 Å². The molecule has 0 saturated heterocycles. The predicted molar refractivity (Wildman–Crippen MR) is 110 cm³/mol. The maximum atomic E-state index is 13.0. The molecule has 3 rings (SSSR count). The second-order valence-electron chi connectivity index (χ2n) is 6.78. The van der Waals surface area contributed by atoms with E-state index in [1.54, 1.807) is 10.6 Å². The summed E-state index contributed by atoms with van der Waals surface area (Å²) in [7, 11) is 0. The van der Waals surface area contributed by atoms with Crippen LogP contribution in [0.4, 0.5) is 5.13 Å². The van der Waals surface area contributed by atoms with Gasteiger partial charge in [-0.3, -0.25) is 19.5 Å². The Labute approximate surface area is 162 Å². The second kappa shape index (κ2) is 7.60. The number of aryl methyl sites for hydroxylation is 4. The number of hydrogen-bond donors (Lipinski definition) is 1. The molecule has 1 unspecified atom stereocenters. The van der Waals surface area contributed by atoms with Crippen LogP contribution in [0.2, 0.25) is 0 Å². The molecule has 0 spiro atoms. The minimum absolute atomic E-state index is 0.166. The van der Waals surface area contributed by atoms with Gasteiger partial charge >= 0.3 is 0 Å². The number of carbonyl (C=O) groups is 1. The van der Waals surface area contributed by atoms with Gasteiger partial charge in [0.15, 0.2) is 0 Å². The van der Waals surface area contributed by atoms with Crippen molar-refractivity contribution in [1.29, 1.82) is 0 Å². The number of amides is 1.